The molecule has 0 radical (unpaired) electrons. The first-order valence-corrected chi connectivity index (χ1v) is 16.0. The first kappa shape index (κ1) is 33.2. The summed E-state index contributed by atoms with van der Waals surface area (Å²) in [7, 11) is 3.17. The lowest BCUT2D eigenvalue weighted by atomic mass is 9.97. The minimum atomic E-state index is -1.00. The fourth-order valence-corrected chi connectivity index (χ4v) is 6.46. The molecule has 1 unspecified atom stereocenters. The van der Waals surface area contributed by atoms with Gasteiger partial charge in [-0.15, -0.1) is 0 Å². The summed E-state index contributed by atoms with van der Waals surface area (Å²) in [5, 5.41) is 23.5. The summed E-state index contributed by atoms with van der Waals surface area (Å²) >= 11 is 14.1. The molecule has 48 heavy (non-hydrogen) atoms. The van der Waals surface area contributed by atoms with Gasteiger partial charge in [-0.05, 0) is 18.6 Å². The van der Waals surface area contributed by atoms with E-state index in [2.05, 4.69) is 21.0 Å². The molecule has 3 aromatic heterocycles. The summed E-state index contributed by atoms with van der Waals surface area (Å²) < 4.78 is 8.49. The number of fused-ring (bicyclic) bond motifs is 1. The number of carbonyl (C=O) groups excluding carboxylic acids is 1. The van der Waals surface area contributed by atoms with E-state index in [-0.39, 0.29) is 30.6 Å². The number of carbonyl (C=O) groups is 2. The van der Waals surface area contributed by atoms with Crippen molar-refractivity contribution >= 4 is 40.6 Å². The summed E-state index contributed by atoms with van der Waals surface area (Å²) in [5.41, 5.74) is 5.04. The number of rotatable bonds is 12. The molecule has 5 aromatic rings. The molecule has 0 aliphatic carbocycles. The van der Waals surface area contributed by atoms with Gasteiger partial charge in [-0.25, -0.2) is 9.50 Å². The van der Waals surface area contributed by atoms with E-state index >= 15 is 0 Å². The van der Waals surface area contributed by atoms with E-state index in [4.69, 9.17) is 38.0 Å². The molecule has 1 aliphatic rings. The Morgan fingerprint density at radius 2 is 1.73 bits per heavy atom. The Morgan fingerprint density at radius 3 is 2.42 bits per heavy atom. The molecule has 1 aliphatic heterocycles. The zero-order valence-electron chi connectivity index (χ0n) is 26.2. The van der Waals surface area contributed by atoms with Crippen molar-refractivity contribution in [3.63, 3.8) is 0 Å². The number of carboxylic acids is 1. The largest absolute Gasteiger partial charge is 0.481 e. The van der Waals surface area contributed by atoms with Gasteiger partial charge in [0.1, 0.15) is 11.3 Å². The number of carboxylic acid groups (broad SMARTS) is 1. The maximum atomic E-state index is 13.1. The van der Waals surface area contributed by atoms with Gasteiger partial charge in [-0.1, -0.05) is 65.7 Å². The minimum Gasteiger partial charge on any atom is -0.481 e. The molecule has 1 saturated heterocycles. The number of nitrogens with one attached hydrogen (secondary N) is 3. The fourth-order valence-electron chi connectivity index (χ4n) is 5.80. The van der Waals surface area contributed by atoms with E-state index in [1.807, 2.05) is 48.5 Å². The number of nitrogens with zero attached hydrogens (tertiary/aromatic N) is 4. The predicted molar refractivity (Wildman–Crippen MR) is 183 cm³/mol. The van der Waals surface area contributed by atoms with E-state index in [1.165, 1.54) is 9.08 Å². The molecule has 2 aromatic carbocycles. The maximum Gasteiger partial charge on any atom is 0.317 e. The van der Waals surface area contributed by atoms with Crippen LogP contribution in [0.5, 0.6) is 5.88 Å². The summed E-state index contributed by atoms with van der Waals surface area (Å²) in [4.78, 5) is 40.3. The Morgan fingerprint density at radius 1 is 1.02 bits per heavy atom. The third-order valence-corrected chi connectivity index (χ3v) is 9.11. The molecule has 1 amide bonds. The molecule has 14 heteroatoms. The summed E-state index contributed by atoms with van der Waals surface area (Å²) in [6.45, 7) is 1.03. The van der Waals surface area contributed by atoms with Crippen molar-refractivity contribution in [3.05, 3.63) is 92.6 Å². The number of aliphatic carboxylic acids is 1. The second-order valence-corrected chi connectivity index (χ2v) is 12.2. The lowest BCUT2D eigenvalue weighted by molar-refractivity contribution is -0.136. The first-order chi connectivity index (χ1) is 23.1. The highest BCUT2D eigenvalue weighted by Crippen LogP contribution is 2.42. The molecule has 1 atom stereocenters. The Labute approximate surface area is 285 Å². The topological polar surface area (TPSA) is 152 Å². The number of pyridine rings is 1. The van der Waals surface area contributed by atoms with Crippen molar-refractivity contribution in [1.82, 2.24) is 35.1 Å². The van der Waals surface area contributed by atoms with Crippen molar-refractivity contribution in [2.45, 2.75) is 32.0 Å². The fraction of sp³-hybridized carbons (Fsp3) is 0.265. The molecule has 4 heterocycles. The van der Waals surface area contributed by atoms with Gasteiger partial charge >= 0.3 is 5.97 Å². The second-order valence-electron chi connectivity index (χ2n) is 11.5. The van der Waals surface area contributed by atoms with Crippen LogP contribution in [-0.4, -0.2) is 62.4 Å². The molecular formula is C34H33Cl2N7O5. The highest BCUT2D eigenvalue weighted by Gasteiger charge is 2.21. The number of hydrogen-bond acceptors (Lipinski definition) is 8. The van der Waals surface area contributed by atoms with Crippen LogP contribution in [0.4, 0.5) is 0 Å². The first-order valence-electron chi connectivity index (χ1n) is 15.3. The standard InChI is InChI=1S/C34H33Cl2N7O5/c1-42-28(16-38-17-30(45)46)41-43-18-20(13-27(43)34(42)47)22-5-3-6-23(31(22)35)24-7-4-8-25(32(24)36)26-11-9-19(33(40-26)48-2)14-37-15-21-10-12-29(44)39-21/h3-9,11,13,18,21,37-38H,10,12,14-17H2,1-2H3,(H,39,44)(H,45,46). The number of halogens is 2. The minimum absolute atomic E-state index is 0.0832. The maximum absolute atomic E-state index is 13.1. The number of hydrogen-bond donors (Lipinski definition) is 4. The predicted octanol–water partition coefficient (Wildman–Crippen LogP) is 4.29. The Balaban J connectivity index is 1.28. The van der Waals surface area contributed by atoms with Gasteiger partial charge in [0.05, 0.1) is 35.9 Å². The summed E-state index contributed by atoms with van der Waals surface area (Å²) in [6, 6.07) is 17.0. The quantitative estimate of drug-likeness (QED) is 0.150. The SMILES string of the molecule is COc1nc(-c2cccc(-c3cccc(-c4cc5c(=O)n(C)c(CNCC(=O)O)nn5c4)c3Cl)c2Cl)ccc1CNCC1CCC(=O)N1. The summed E-state index contributed by atoms with van der Waals surface area (Å²) in [5.74, 6) is -0.0683. The van der Waals surface area contributed by atoms with Crippen LogP contribution in [0.1, 0.15) is 24.2 Å². The van der Waals surface area contributed by atoms with Crippen LogP contribution in [0.25, 0.3) is 39.0 Å². The Bertz CT molecular complexity index is 2090. The van der Waals surface area contributed by atoms with Crippen LogP contribution in [0.2, 0.25) is 10.0 Å². The lowest BCUT2D eigenvalue weighted by Crippen LogP contribution is -2.35. The van der Waals surface area contributed by atoms with Crippen LogP contribution in [0, 0.1) is 0 Å². The molecule has 0 spiro atoms. The van der Waals surface area contributed by atoms with Gasteiger partial charge in [-0.2, -0.15) is 5.10 Å². The monoisotopic (exact) mass is 689 g/mol. The highest BCUT2D eigenvalue weighted by molar-refractivity contribution is 6.39. The highest BCUT2D eigenvalue weighted by atomic mass is 35.5. The van der Waals surface area contributed by atoms with Crippen LogP contribution < -0.4 is 26.2 Å². The molecule has 1 fully saturated rings. The van der Waals surface area contributed by atoms with Crippen molar-refractivity contribution in [3.8, 4) is 39.4 Å². The third kappa shape index (κ3) is 6.78. The van der Waals surface area contributed by atoms with Crippen LogP contribution in [0.15, 0.2) is 65.6 Å². The number of aromatic nitrogens is 4. The van der Waals surface area contributed by atoms with Crippen molar-refractivity contribution < 1.29 is 19.4 Å². The summed E-state index contributed by atoms with van der Waals surface area (Å²) in [6.07, 6.45) is 3.09. The van der Waals surface area contributed by atoms with Crippen molar-refractivity contribution in [2.24, 2.45) is 7.05 Å². The average Bonchev–Trinajstić information content (AvgIpc) is 3.69. The van der Waals surface area contributed by atoms with E-state index in [0.717, 1.165) is 12.0 Å². The van der Waals surface area contributed by atoms with Gasteiger partial charge < -0.3 is 20.5 Å². The number of methoxy groups -OCH3 is 1. The Kier molecular flexibility index (Phi) is 9.78. The van der Waals surface area contributed by atoms with Crippen LogP contribution in [-0.2, 0) is 29.7 Å². The van der Waals surface area contributed by atoms with Gasteiger partial charge in [-0.3, -0.25) is 24.3 Å². The van der Waals surface area contributed by atoms with Crippen LogP contribution >= 0.6 is 23.2 Å². The van der Waals surface area contributed by atoms with E-state index in [1.54, 1.807) is 26.4 Å². The zero-order chi connectivity index (χ0) is 33.9. The third-order valence-electron chi connectivity index (χ3n) is 8.29. The lowest BCUT2D eigenvalue weighted by Gasteiger charge is -2.15. The molecule has 6 rings (SSSR count). The van der Waals surface area contributed by atoms with Crippen LogP contribution in [0.3, 0.4) is 0 Å². The molecule has 0 saturated carbocycles. The Hall–Kier alpha value is -4.75. The van der Waals surface area contributed by atoms with E-state index < -0.39 is 5.97 Å². The molecule has 0 bridgehead atoms. The normalized spacial score (nSPS) is 14.4. The molecule has 4 N–H and O–H groups in total. The smallest absolute Gasteiger partial charge is 0.317 e. The molecule has 12 nitrogen and oxygen atoms in total. The average molecular weight is 691 g/mol. The molecule has 248 valence electrons. The molecular weight excluding hydrogens is 657 g/mol. The van der Waals surface area contributed by atoms with E-state index in [0.29, 0.717) is 80.3 Å². The second kappa shape index (κ2) is 14.2. The van der Waals surface area contributed by atoms with Gasteiger partial charge in [0.25, 0.3) is 5.56 Å². The number of benzene rings is 2. The van der Waals surface area contributed by atoms with E-state index in [9.17, 15) is 14.4 Å². The number of amides is 1. The van der Waals surface area contributed by atoms with Crippen molar-refractivity contribution in [1.29, 1.82) is 0 Å². The number of ether oxygens (including phenoxy) is 1. The van der Waals surface area contributed by atoms with Gasteiger partial charge in [0.2, 0.25) is 11.8 Å². The van der Waals surface area contributed by atoms with Crippen molar-refractivity contribution in [2.75, 3.05) is 20.2 Å². The zero-order valence-corrected chi connectivity index (χ0v) is 27.7. The van der Waals surface area contributed by atoms with Gasteiger partial charge in [0, 0.05) is 72.2 Å². The van der Waals surface area contributed by atoms with Gasteiger partial charge in [0.15, 0.2) is 0 Å².